The first-order valence-electron chi connectivity index (χ1n) is 10.1. The molecule has 1 aromatic heterocycles. The minimum atomic E-state index is -1.09. The quantitative estimate of drug-likeness (QED) is 0.385. The average molecular weight is 430 g/mol. The fraction of sp³-hybridized carbons (Fsp3) is 0.429. The van der Waals surface area contributed by atoms with Crippen molar-refractivity contribution in [2.24, 2.45) is 5.73 Å². The number of carbonyl (C=O) groups excluding carboxylic acids is 2. The van der Waals surface area contributed by atoms with Crippen LogP contribution in [0.3, 0.4) is 0 Å². The standard InChI is InChI=1S/C21H26N4O6/c22-14(7-8-18(26)27)19(28)24-16(20(29)25-9-3-6-17(25)21(30)31)10-12-11-23-15-5-2-1-4-13(12)15/h1-2,4-5,11,14,16-17,23H,3,6-10,22H2,(H,24,28)(H,26,27)(H,30,31). The van der Waals surface area contributed by atoms with Crippen molar-refractivity contribution in [2.45, 2.75) is 50.2 Å². The summed E-state index contributed by atoms with van der Waals surface area (Å²) in [5, 5.41) is 21.8. The Morgan fingerprint density at radius 1 is 1.23 bits per heavy atom. The van der Waals surface area contributed by atoms with E-state index in [0.717, 1.165) is 16.5 Å². The van der Waals surface area contributed by atoms with Crippen LogP contribution in [0.5, 0.6) is 0 Å². The molecule has 1 saturated heterocycles. The number of benzene rings is 1. The Labute approximate surface area is 178 Å². The number of H-pyrrole nitrogens is 1. The summed E-state index contributed by atoms with van der Waals surface area (Å²) in [5.74, 6) is -3.29. The zero-order valence-corrected chi connectivity index (χ0v) is 16.9. The molecule has 1 fully saturated rings. The lowest BCUT2D eigenvalue weighted by atomic mass is 10.0. The number of carboxylic acids is 2. The number of amides is 2. The maximum atomic E-state index is 13.2. The molecule has 2 heterocycles. The van der Waals surface area contributed by atoms with Crippen molar-refractivity contribution in [2.75, 3.05) is 6.54 Å². The predicted octanol–water partition coefficient (Wildman–Crippen LogP) is 0.463. The van der Waals surface area contributed by atoms with Crippen molar-refractivity contribution >= 4 is 34.7 Å². The van der Waals surface area contributed by atoms with Crippen LogP contribution in [-0.2, 0) is 25.6 Å². The van der Waals surface area contributed by atoms with E-state index in [2.05, 4.69) is 10.3 Å². The van der Waals surface area contributed by atoms with E-state index in [9.17, 15) is 24.3 Å². The van der Waals surface area contributed by atoms with Crippen LogP contribution in [0.4, 0.5) is 0 Å². The Balaban J connectivity index is 1.82. The van der Waals surface area contributed by atoms with E-state index in [4.69, 9.17) is 10.8 Å². The van der Waals surface area contributed by atoms with Gasteiger partial charge in [0.25, 0.3) is 0 Å². The summed E-state index contributed by atoms with van der Waals surface area (Å²) in [6, 6.07) is 4.45. The Morgan fingerprint density at radius 2 is 1.97 bits per heavy atom. The Hall–Kier alpha value is -3.40. The fourth-order valence-corrected chi connectivity index (χ4v) is 3.90. The number of rotatable bonds is 9. The summed E-state index contributed by atoms with van der Waals surface area (Å²) in [6.07, 6.45) is 2.46. The van der Waals surface area contributed by atoms with Gasteiger partial charge in [0.05, 0.1) is 6.04 Å². The van der Waals surface area contributed by atoms with Gasteiger partial charge in [0.2, 0.25) is 11.8 Å². The monoisotopic (exact) mass is 430 g/mol. The second-order valence-electron chi connectivity index (χ2n) is 7.69. The molecule has 0 spiro atoms. The van der Waals surface area contributed by atoms with Gasteiger partial charge in [-0.25, -0.2) is 4.79 Å². The minimum Gasteiger partial charge on any atom is -0.481 e. The van der Waals surface area contributed by atoms with Crippen LogP contribution in [0.25, 0.3) is 10.9 Å². The summed E-state index contributed by atoms with van der Waals surface area (Å²) < 4.78 is 0. The molecule has 166 valence electrons. The van der Waals surface area contributed by atoms with Crippen molar-refractivity contribution < 1.29 is 29.4 Å². The molecule has 1 aromatic carbocycles. The number of para-hydroxylation sites is 1. The number of carbonyl (C=O) groups is 4. The first-order valence-corrected chi connectivity index (χ1v) is 10.1. The van der Waals surface area contributed by atoms with Crippen LogP contribution >= 0.6 is 0 Å². The molecule has 0 saturated carbocycles. The molecule has 1 aliphatic heterocycles. The predicted molar refractivity (Wildman–Crippen MR) is 111 cm³/mol. The third-order valence-corrected chi connectivity index (χ3v) is 5.54. The Bertz CT molecular complexity index is 987. The van der Waals surface area contributed by atoms with E-state index < -0.39 is 41.9 Å². The number of hydrogen-bond donors (Lipinski definition) is 5. The molecular weight excluding hydrogens is 404 g/mol. The maximum Gasteiger partial charge on any atom is 0.326 e. The average Bonchev–Trinajstić information content (AvgIpc) is 3.38. The van der Waals surface area contributed by atoms with E-state index >= 15 is 0 Å². The number of nitrogens with one attached hydrogen (secondary N) is 2. The third kappa shape index (κ3) is 5.21. The van der Waals surface area contributed by atoms with E-state index in [1.54, 1.807) is 6.20 Å². The molecule has 0 radical (unpaired) electrons. The van der Waals surface area contributed by atoms with E-state index in [1.807, 2.05) is 24.3 Å². The summed E-state index contributed by atoms with van der Waals surface area (Å²) in [4.78, 5) is 52.5. The lowest BCUT2D eigenvalue weighted by Crippen LogP contribution is -2.55. The van der Waals surface area contributed by atoms with E-state index in [-0.39, 0.29) is 19.3 Å². The molecule has 2 aromatic rings. The topological polar surface area (TPSA) is 166 Å². The number of aliphatic carboxylic acids is 2. The van der Waals surface area contributed by atoms with Crippen LogP contribution in [0.2, 0.25) is 0 Å². The van der Waals surface area contributed by atoms with Crippen LogP contribution in [0.1, 0.15) is 31.2 Å². The molecule has 3 atom stereocenters. The van der Waals surface area contributed by atoms with Crippen molar-refractivity contribution in [1.82, 2.24) is 15.2 Å². The number of aromatic amines is 1. The van der Waals surface area contributed by atoms with Crippen molar-refractivity contribution in [3.63, 3.8) is 0 Å². The van der Waals surface area contributed by atoms with Crippen molar-refractivity contribution in [3.8, 4) is 0 Å². The van der Waals surface area contributed by atoms with Crippen LogP contribution in [0, 0.1) is 0 Å². The lowest BCUT2D eigenvalue weighted by molar-refractivity contribution is -0.149. The molecule has 2 amide bonds. The van der Waals surface area contributed by atoms with Gasteiger partial charge >= 0.3 is 11.9 Å². The third-order valence-electron chi connectivity index (χ3n) is 5.54. The number of hydrogen-bond acceptors (Lipinski definition) is 5. The van der Waals surface area contributed by atoms with E-state index in [0.29, 0.717) is 19.4 Å². The highest BCUT2D eigenvalue weighted by Crippen LogP contribution is 2.23. The van der Waals surface area contributed by atoms with Crippen molar-refractivity contribution in [3.05, 3.63) is 36.0 Å². The summed E-state index contributed by atoms with van der Waals surface area (Å²) in [5.41, 5.74) is 7.47. The molecule has 0 aliphatic carbocycles. The van der Waals surface area contributed by atoms with Gasteiger partial charge in [-0.3, -0.25) is 14.4 Å². The normalized spacial score (nSPS) is 18.0. The zero-order chi connectivity index (χ0) is 22.5. The van der Waals surface area contributed by atoms with Crippen LogP contribution in [0.15, 0.2) is 30.5 Å². The highest BCUT2D eigenvalue weighted by molar-refractivity contribution is 5.93. The van der Waals surface area contributed by atoms with Gasteiger partial charge in [0.15, 0.2) is 0 Å². The number of nitrogens with two attached hydrogens (primary N) is 1. The zero-order valence-electron chi connectivity index (χ0n) is 16.9. The highest BCUT2D eigenvalue weighted by Gasteiger charge is 2.38. The van der Waals surface area contributed by atoms with Gasteiger partial charge < -0.3 is 31.1 Å². The molecule has 1 aliphatic rings. The first kappa shape index (κ1) is 22.3. The lowest BCUT2D eigenvalue weighted by Gasteiger charge is -2.28. The number of carboxylic acid groups (broad SMARTS) is 2. The molecule has 0 bridgehead atoms. The molecule has 10 nitrogen and oxygen atoms in total. The maximum absolute atomic E-state index is 13.2. The van der Waals surface area contributed by atoms with Gasteiger partial charge in [-0.2, -0.15) is 0 Å². The molecular formula is C21H26N4O6. The summed E-state index contributed by atoms with van der Waals surface area (Å²) in [6.45, 7) is 0.293. The summed E-state index contributed by atoms with van der Waals surface area (Å²) >= 11 is 0. The van der Waals surface area contributed by atoms with Gasteiger partial charge in [-0.15, -0.1) is 0 Å². The van der Waals surface area contributed by atoms with Crippen LogP contribution in [-0.4, -0.2) is 68.5 Å². The van der Waals surface area contributed by atoms with Gasteiger partial charge in [-0.05, 0) is 30.9 Å². The number of aromatic nitrogens is 1. The van der Waals surface area contributed by atoms with Gasteiger partial charge in [-0.1, -0.05) is 18.2 Å². The largest absolute Gasteiger partial charge is 0.481 e. The molecule has 31 heavy (non-hydrogen) atoms. The molecule has 10 heteroatoms. The molecule has 3 unspecified atom stereocenters. The SMILES string of the molecule is NC(CCC(=O)O)C(=O)NC(Cc1c[nH]c2ccccc12)C(=O)N1CCCC1C(=O)O. The van der Waals surface area contributed by atoms with Crippen molar-refractivity contribution in [1.29, 1.82) is 0 Å². The van der Waals surface area contributed by atoms with Gasteiger partial charge in [0.1, 0.15) is 12.1 Å². The smallest absolute Gasteiger partial charge is 0.326 e. The highest BCUT2D eigenvalue weighted by atomic mass is 16.4. The second kappa shape index (κ2) is 9.61. The summed E-state index contributed by atoms with van der Waals surface area (Å²) in [7, 11) is 0. The second-order valence-corrected chi connectivity index (χ2v) is 7.69. The Morgan fingerprint density at radius 3 is 2.68 bits per heavy atom. The molecule has 6 N–H and O–H groups in total. The van der Waals surface area contributed by atoms with E-state index in [1.165, 1.54) is 4.90 Å². The minimum absolute atomic E-state index is 0.0728. The number of likely N-dealkylation sites (tertiary alicyclic amines) is 1. The number of fused-ring (bicyclic) bond motifs is 1. The first-order chi connectivity index (χ1) is 14.8. The van der Waals surface area contributed by atoms with Crippen LogP contribution < -0.4 is 11.1 Å². The fourth-order valence-electron chi connectivity index (χ4n) is 3.90. The van der Waals surface area contributed by atoms with Gasteiger partial charge in [0, 0.05) is 36.5 Å². The Kier molecular flexibility index (Phi) is 6.91. The molecule has 3 rings (SSSR count). The number of nitrogens with zero attached hydrogens (tertiary/aromatic N) is 1.